The lowest BCUT2D eigenvalue weighted by atomic mass is 10.1. The zero-order valence-corrected chi connectivity index (χ0v) is 15.2. The number of amides is 1. The number of hydrazine groups is 1. The number of nitrogen functional groups attached to an aromatic ring is 1. The van der Waals surface area contributed by atoms with Gasteiger partial charge < -0.3 is 9.84 Å². The van der Waals surface area contributed by atoms with Gasteiger partial charge in [0.25, 0.3) is 5.91 Å². The van der Waals surface area contributed by atoms with Crippen molar-refractivity contribution in [2.24, 2.45) is 5.84 Å². The fraction of sp³-hybridized carbons (Fsp3) is 0.0526. The summed E-state index contributed by atoms with van der Waals surface area (Å²) in [5, 5.41) is 9.39. The molecule has 3 aromatic rings. The number of aromatic carboxylic acids is 1. The molecule has 1 aromatic heterocycles. The molecular formula is C19H15N3O5S. The Labute approximate surface area is 163 Å². The van der Waals surface area contributed by atoms with Crippen molar-refractivity contribution in [3.63, 3.8) is 0 Å². The number of ether oxygens (including phenoxy) is 1. The summed E-state index contributed by atoms with van der Waals surface area (Å²) in [5.41, 5.74) is 3.60. The molecule has 8 nitrogen and oxygen atoms in total. The van der Waals surface area contributed by atoms with Crippen LogP contribution >= 0.6 is 11.3 Å². The van der Waals surface area contributed by atoms with Crippen molar-refractivity contribution in [1.29, 1.82) is 0 Å². The van der Waals surface area contributed by atoms with Gasteiger partial charge in [-0.15, -0.1) is 11.3 Å². The summed E-state index contributed by atoms with van der Waals surface area (Å²) >= 11 is 1.03. The van der Waals surface area contributed by atoms with Gasteiger partial charge in [0, 0.05) is 0 Å². The lowest BCUT2D eigenvalue weighted by Gasteiger charge is -2.10. The first kappa shape index (κ1) is 19.2. The second-order valence-electron chi connectivity index (χ2n) is 5.61. The fourth-order valence-corrected chi connectivity index (χ4v) is 3.39. The van der Waals surface area contributed by atoms with E-state index in [2.05, 4.69) is 4.98 Å². The van der Waals surface area contributed by atoms with Crippen LogP contribution in [-0.2, 0) is 6.61 Å². The highest BCUT2D eigenvalue weighted by Crippen LogP contribution is 2.34. The van der Waals surface area contributed by atoms with Crippen molar-refractivity contribution in [2.75, 3.05) is 0 Å². The highest BCUT2D eigenvalue weighted by atomic mass is 32.1. The van der Waals surface area contributed by atoms with Crippen LogP contribution in [0.15, 0.2) is 48.5 Å². The number of nitrogens with two attached hydrogens (primary N) is 1. The van der Waals surface area contributed by atoms with Gasteiger partial charge in [0.2, 0.25) is 0 Å². The summed E-state index contributed by atoms with van der Waals surface area (Å²) in [5.74, 6) is 4.07. The molecule has 0 saturated carbocycles. The maximum absolute atomic E-state index is 11.8. The lowest BCUT2D eigenvalue weighted by molar-refractivity contribution is 0.0696. The lowest BCUT2D eigenvalue weighted by Crippen LogP contribution is -2.30. The zero-order valence-electron chi connectivity index (χ0n) is 14.4. The summed E-state index contributed by atoms with van der Waals surface area (Å²) in [4.78, 5) is 38.3. The number of aromatic nitrogens is 1. The maximum atomic E-state index is 11.8. The van der Waals surface area contributed by atoms with Crippen LogP contribution in [0.3, 0.4) is 0 Å². The first-order chi connectivity index (χ1) is 13.5. The Balaban J connectivity index is 1.85. The Bertz CT molecular complexity index is 1030. The molecule has 4 N–H and O–H groups in total. The smallest absolute Gasteiger partial charge is 0.335 e. The summed E-state index contributed by atoms with van der Waals surface area (Å²) in [7, 11) is 0. The number of thiazole rings is 1. The number of carbonyl (C=O) groups excluding carboxylic acids is 2. The second kappa shape index (κ2) is 8.42. The van der Waals surface area contributed by atoms with Gasteiger partial charge in [-0.3, -0.25) is 15.0 Å². The molecule has 1 heterocycles. The number of carbonyl (C=O) groups is 3. The largest absolute Gasteiger partial charge is 0.488 e. The van der Waals surface area contributed by atoms with Gasteiger partial charge >= 0.3 is 5.97 Å². The van der Waals surface area contributed by atoms with Crippen molar-refractivity contribution in [1.82, 2.24) is 10.4 Å². The van der Waals surface area contributed by atoms with Crippen LogP contribution in [-0.4, -0.2) is 28.3 Å². The molecule has 0 aliphatic heterocycles. The molecule has 0 bridgehead atoms. The van der Waals surface area contributed by atoms with E-state index >= 15 is 0 Å². The molecule has 1 amide bonds. The van der Waals surface area contributed by atoms with Gasteiger partial charge in [-0.05, 0) is 29.8 Å². The van der Waals surface area contributed by atoms with E-state index in [9.17, 15) is 14.4 Å². The number of hydrogen-bond donors (Lipinski definition) is 3. The third-order valence-corrected chi connectivity index (χ3v) is 4.92. The molecule has 0 saturated heterocycles. The van der Waals surface area contributed by atoms with Crippen molar-refractivity contribution < 1.29 is 24.2 Å². The predicted octanol–water partition coefficient (Wildman–Crippen LogP) is 2.50. The van der Waals surface area contributed by atoms with E-state index in [4.69, 9.17) is 15.7 Å². The molecule has 0 aliphatic rings. The van der Waals surface area contributed by atoms with E-state index in [1.165, 1.54) is 12.1 Å². The van der Waals surface area contributed by atoms with Gasteiger partial charge in [-0.25, -0.2) is 15.6 Å². The van der Waals surface area contributed by atoms with E-state index in [0.29, 0.717) is 22.6 Å². The van der Waals surface area contributed by atoms with E-state index in [1.54, 1.807) is 36.4 Å². The SMILES string of the molecule is NNC(=O)c1sc(-c2ccccc2OCc2ccc(C(=O)O)cc2)nc1C=O. The highest BCUT2D eigenvalue weighted by molar-refractivity contribution is 7.17. The number of carboxylic acid groups (broad SMARTS) is 1. The number of rotatable bonds is 7. The molecule has 0 aliphatic carbocycles. The van der Waals surface area contributed by atoms with E-state index < -0.39 is 11.9 Å². The second-order valence-corrected chi connectivity index (χ2v) is 6.61. The average molecular weight is 397 g/mol. The minimum atomic E-state index is -0.995. The van der Waals surface area contributed by atoms with Crippen LogP contribution in [0.2, 0.25) is 0 Å². The summed E-state index contributed by atoms with van der Waals surface area (Å²) in [6.45, 7) is 0.207. The average Bonchev–Trinajstić information content (AvgIpc) is 3.16. The van der Waals surface area contributed by atoms with Crippen LogP contribution in [0.4, 0.5) is 0 Å². The molecular weight excluding hydrogens is 382 g/mol. The Morgan fingerprint density at radius 3 is 2.54 bits per heavy atom. The van der Waals surface area contributed by atoms with Crippen LogP contribution < -0.4 is 16.0 Å². The van der Waals surface area contributed by atoms with Crippen molar-refractivity contribution in [3.8, 4) is 16.3 Å². The standard InChI is InChI=1S/C19H15N3O5S/c20-22-17(24)16-14(9-23)21-18(28-16)13-3-1-2-4-15(13)27-10-11-5-7-12(8-6-11)19(25)26/h1-9H,10,20H2,(H,22,24)(H,25,26). The maximum Gasteiger partial charge on any atom is 0.335 e. The molecule has 0 radical (unpaired) electrons. The Hall–Kier alpha value is -3.56. The molecule has 3 rings (SSSR count). The number of carboxylic acids is 1. The van der Waals surface area contributed by atoms with Gasteiger partial charge in [0.15, 0.2) is 6.29 Å². The van der Waals surface area contributed by atoms with E-state index in [-0.39, 0.29) is 22.7 Å². The molecule has 2 aromatic carbocycles. The number of nitrogens with one attached hydrogen (secondary N) is 1. The van der Waals surface area contributed by atoms with Gasteiger partial charge in [-0.2, -0.15) is 0 Å². The normalized spacial score (nSPS) is 10.3. The first-order valence-electron chi connectivity index (χ1n) is 8.05. The monoisotopic (exact) mass is 397 g/mol. The Morgan fingerprint density at radius 1 is 1.18 bits per heavy atom. The predicted molar refractivity (Wildman–Crippen MR) is 102 cm³/mol. The number of para-hydroxylation sites is 1. The molecule has 0 unspecified atom stereocenters. The van der Waals surface area contributed by atoms with Crippen LogP contribution in [0.5, 0.6) is 5.75 Å². The minimum absolute atomic E-state index is 0.00186. The molecule has 0 spiro atoms. The van der Waals surface area contributed by atoms with Gasteiger partial charge in [0.1, 0.15) is 27.9 Å². The Morgan fingerprint density at radius 2 is 1.89 bits per heavy atom. The summed E-state index contributed by atoms with van der Waals surface area (Å²) < 4.78 is 5.85. The number of nitrogens with zero attached hydrogens (tertiary/aromatic N) is 1. The van der Waals surface area contributed by atoms with Crippen LogP contribution in [0.25, 0.3) is 10.6 Å². The van der Waals surface area contributed by atoms with Crippen molar-refractivity contribution >= 4 is 29.5 Å². The molecule has 9 heteroatoms. The Kier molecular flexibility index (Phi) is 5.78. The van der Waals surface area contributed by atoms with Crippen molar-refractivity contribution in [3.05, 3.63) is 70.2 Å². The quantitative estimate of drug-likeness (QED) is 0.241. The van der Waals surface area contributed by atoms with Crippen molar-refractivity contribution in [2.45, 2.75) is 6.61 Å². The van der Waals surface area contributed by atoms with E-state index in [0.717, 1.165) is 16.9 Å². The molecule has 0 atom stereocenters. The topological polar surface area (TPSA) is 132 Å². The first-order valence-corrected chi connectivity index (χ1v) is 8.86. The molecule has 0 fully saturated rings. The minimum Gasteiger partial charge on any atom is -0.488 e. The third kappa shape index (κ3) is 4.05. The fourth-order valence-electron chi connectivity index (χ4n) is 2.43. The molecule has 142 valence electrons. The zero-order chi connectivity index (χ0) is 20.1. The number of hydrogen-bond acceptors (Lipinski definition) is 7. The third-order valence-electron chi connectivity index (χ3n) is 3.82. The highest BCUT2D eigenvalue weighted by Gasteiger charge is 2.19. The van der Waals surface area contributed by atoms with Gasteiger partial charge in [-0.1, -0.05) is 24.3 Å². The summed E-state index contributed by atoms with van der Waals surface area (Å²) in [6, 6.07) is 13.4. The van der Waals surface area contributed by atoms with Crippen LogP contribution in [0, 0.1) is 0 Å². The summed E-state index contributed by atoms with van der Waals surface area (Å²) in [6.07, 6.45) is 0.498. The van der Waals surface area contributed by atoms with E-state index in [1.807, 2.05) is 5.43 Å². The number of benzene rings is 2. The molecule has 28 heavy (non-hydrogen) atoms. The number of aldehydes is 1. The van der Waals surface area contributed by atoms with Gasteiger partial charge in [0.05, 0.1) is 11.1 Å². The van der Waals surface area contributed by atoms with Crippen LogP contribution in [0.1, 0.15) is 36.1 Å².